The maximum Gasteiger partial charge on any atom is 0.134 e. The molecule has 12 heavy (non-hydrogen) atoms. The molecule has 0 bridgehead atoms. The number of aromatic nitrogens is 2. The van der Waals surface area contributed by atoms with Crippen molar-refractivity contribution >= 4 is 11.6 Å². The molecule has 0 spiro atoms. The van der Waals surface area contributed by atoms with E-state index in [2.05, 4.69) is 27.5 Å². The van der Waals surface area contributed by atoms with Gasteiger partial charge in [-0.2, -0.15) is 0 Å². The summed E-state index contributed by atoms with van der Waals surface area (Å²) < 4.78 is 0. The summed E-state index contributed by atoms with van der Waals surface area (Å²) in [6.45, 7) is 2.08. The molecular weight excluding hydrogens is 152 g/mol. The van der Waals surface area contributed by atoms with Gasteiger partial charge in [0, 0.05) is 19.7 Å². The molecule has 1 aromatic heterocycles. The molecular formula is C8H14N4. The highest BCUT2D eigenvalue weighted by Gasteiger charge is 2.05. The Kier molecular flexibility index (Phi) is 2.85. The molecule has 0 aliphatic rings. The Hall–Kier alpha value is -1.32. The molecule has 4 heteroatoms. The molecule has 0 unspecified atom stereocenters. The fraction of sp³-hybridized carbons (Fsp3) is 0.500. The van der Waals surface area contributed by atoms with Crippen molar-refractivity contribution in [3.63, 3.8) is 0 Å². The zero-order valence-electron chi connectivity index (χ0n) is 7.68. The van der Waals surface area contributed by atoms with Crippen molar-refractivity contribution in [3.8, 4) is 0 Å². The fourth-order valence-corrected chi connectivity index (χ4v) is 1.18. The van der Waals surface area contributed by atoms with E-state index in [1.807, 2.05) is 14.1 Å². The number of nitrogens with zero attached hydrogens (tertiary/aromatic N) is 2. The Bertz CT molecular complexity index is 237. The lowest BCUT2D eigenvalue weighted by Crippen LogP contribution is -2.04. The molecule has 1 heterocycles. The van der Waals surface area contributed by atoms with Gasteiger partial charge in [0.05, 0.1) is 0 Å². The minimum absolute atomic E-state index is 0.900. The molecule has 4 nitrogen and oxygen atoms in total. The number of hydrogen-bond acceptors (Lipinski definition) is 4. The van der Waals surface area contributed by atoms with E-state index in [4.69, 9.17) is 0 Å². The summed E-state index contributed by atoms with van der Waals surface area (Å²) in [4.78, 5) is 8.23. The summed E-state index contributed by atoms with van der Waals surface area (Å²) in [5, 5.41) is 6.06. The normalized spacial score (nSPS) is 9.58. The average Bonchev–Trinajstić information content (AvgIpc) is 2.16. The maximum atomic E-state index is 4.11. The Balaban J connectivity index is 3.13. The van der Waals surface area contributed by atoms with Crippen molar-refractivity contribution < 1.29 is 0 Å². The van der Waals surface area contributed by atoms with Gasteiger partial charge in [-0.3, -0.25) is 0 Å². The topological polar surface area (TPSA) is 49.8 Å². The zero-order chi connectivity index (χ0) is 8.97. The minimum Gasteiger partial charge on any atom is -0.373 e. The van der Waals surface area contributed by atoms with Crippen molar-refractivity contribution in [2.24, 2.45) is 0 Å². The molecule has 1 aromatic rings. The summed E-state index contributed by atoms with van der Waals surface area (Å²) >= 11 is 0. The van der Waals surface area contributed by atoms with Crippen LogP contribution < -0.4 is 10.6 Å². The van der Waals surface area contributed by atoms with Crippen LogP contribution in [0.25, 0.3) is 0 Å². The van der Waals surface area contributed by atoms with Gasteiger partial charge in [0.2, 0.25) is 0 Å². The summed E-state index contributed by atoms with van der Waals surface area (Å²) in [6, 6.07) is 0. The third-order valence-corrected chi connectivity index (χ3v) is 1.77. The van der Waals surface area contributed by atoms with Gasteiger partial charge in [-0.05, 0) is 6.42 Å². The second kappa shape index (κ2) is 3.90. The molecule has 0 aromatic carbocycles. The van der Waals surface area contributed by atoms with Crippen LogP contribution in [0, 0.1) is 0 Å². The van der Waals surface area contributed by atoms with E-state index in [0.29, 0.717) is 0 Å². The fourth-order valence-electron chi connectivity index (χ4n) is 1.18. The standard InChI is InChI=1S/C8H14N4/c1-4-6-7(9-2)11-5-12-8(6)10-3/h5H,4H2,1-3H3,(H2,9,10,11,12). The first-order chi connectivity index (χ1) is 5.83. The van der Waals surface area contributed by atoms with E-state index in [0.717, 1.165) is 23.6 Å². The Morgan fingerprint density at radius 1 is 1.17 bits per heavy atom. The Labute approximate surface area is 72.4 Å². The molecule has 0 atom stereocenters. The number of nitrogens with one attached hydrogen (secondary N) is 2. The molecule has 0 aliphatic heterocycles. The van der Waals surface area contributed by atoms with Crippen LogP contribution in [0.5, 0.6) is 0 Å². The molecule has 0 saturated heterocycles. The van der Waals surface area contributed by atoms with E-state index in [9.17, 15) is 0 Å². The van der Waals surface area contributed by atoms with Gasteiger partial charge >= 0.3 is 0 Å². The van der Waals surface area contributed by atoms with Crippen LogP contribution in [0.1, 0.15) is 12.5 Å². The van der Waals surface area contributed by atoms with Gasteiger partial charge in [-0.25, -0.2) is 9.97 Å². The summed E-state index contributed by atoms with van der Waals surface area (Å²) in [5.41, 5.74) is 1.13. The summed E-state index contributed by atoms with van der Waals surface area (Å²) in [7, 11) is 3.72. The SMILES string of the molecule is CCc1c(NC)ncnc1NC. The third-order valence-electron chi connectivity index (χ3n) is 1.77. The largest absolute Gasteiger partial charge is 0.373 e. The summed E-state index contributed by atoms with van der Waals surface area (Å²) in [6.07, 6.45) is 2.48. The van der Waals surface area contributed by atoms with E-state index in [-0.39, 0.29) is 0 Å². The van der Waals surface area contributed by atoms with Crippen LogP contribution in [0.4, 0.5) is 11.6 Å². The first-order valence-electron chi connectivity index (χ1n) is 4.02. The molecule has 0 aliphatic carbocycles. The Morgan fingerprint density at radius 2 is 1.67 bits per heavy atom. The highest BCUT2D eigenvalue weighted by molar-refractivity contribution is 5.56. The Morgan fingerprint density at radius 3 is 2.00 bits per heavy atom. The van der Waals surface area contributed by atoms with Crippen LogP contribution in [-0.2, 0) is 6.42 Å². The van der Waals surface area contributed by atoms with Crippen LogP contribution in [0.2, 0.25) is 0 Å². The lowest BCUT2D eigenvalue weighted by atomic mass is 10.2. The number of hydrogen-bond donors (Lipinski definition) is 2. The molecule has 1 rings (SSSR count). The first kappa shape index (κ1) is 8.77. The number of rotatable bonds is 3. The van der Waals surface area contributed by atoms with Crippen LogP contribution in [0.3, 0.4) is 0 Å². The van der Waals surface area contributed by atoms with E-state index < -0.39 is 0 Å². The van der Waals surface area contributed by atoms with Crippen LogP contribution in [0.15, 0.2) is 6.33 Å². The zero-order valence-corrected chi connectivity index (χ0v) is 7.68. The van der Waals surface area contributed by atoms with Crippen LogP contribution >= 0.6 is 0 Å². The maximum absolute atomic E-state index is 4.11. The van der Waals surface area contributed by atoms with Gasteiger partial charge in [0.25, 0.3) is 0 Å². The van der Waals surface area contributed by atoms with Gasteiger partial charge in [0.1, 0.15) is 18.0 Å². The summed E-state index contributed by atoms with van der Waals surface area (Å²) in [5.74, 6) is 1.80. The predicted octanol–water partition coefficient (Wildman–Crippen LogP) is 1.12. The molecule has 0 radical (unpaired) electrons. The molecule has 2 N–H and O–H groups in total. The van der Waals surface area contributed by atoms with Crippen molar-refractivity contribution in [2.75, 3.05) is 24.7 Å². The highest BCUT2D eigenvalue weighted by Crippen LogP contribution is 2.18. The monoisotopic (exact) mass is 166 g/mol. The molecule has 66 valence electrons. The van der Waals surface area contributed by atoms with Crippen molar-refractivity contribution in [1.82, 2.24) is 9.97 Å². The first-order valence-corrected chi connectivity index (χ1v) is 4.02. The van der Waals surface area contributed by atoms with Gasteiger partial charge < -0.3 is 10.6 Å². The number of anilines is 2. The quantitative estimate of drug-likeness (QED) is 0.706. The molecule has 0 fully saturated rings. The van der Waals surface area contributed by atoms with E-state index >= 15 is 0 Å². The second-order valence-corrected chi connectivity index (χ2v) is 2.40. The lowest BCUT2D eigenvalue weighted by molar-refractivity contribution is 1.04. The second-order valence-electron chi connectivity index (χ2n) is 2.40. The predicted molar refractivity (Wildman–Crippen MR) is 50.5 cm³/mol. The smallest absolute Gasteiger partial charge is 0.134 e. The molecule has 0 amide bonds. The van der Waals surface area contributed by atoms with Gasteiger partial charge in [-0.1, -0.05) is 6.92 Å². The highest BCUT2D eigenvalue weighted by atomic mass is 15.0. The van der Waals surface area contributed by atoms with Gasteiger partial charge in [0.15, 0.2) is 0 Å². The minimum atomic E-state index is 0.900. The van der Waals surface area contributed by atoms with Crippen LogP contribution in [-0.4, -0.2) is 24.1 Å². The van der Waals surface area contributed by atoms with Crippen molar-refractivity contribution in [1.29, 1.82) is 0 Å². The van der Waals surface area contributed by atoms with Crippen molar-refractivity contribution in [2.45, 2.75) is 13.3 Å². The lowest BCUT2D eigenvalue weighted by Gasteiger charge is -2.09. The van der Waals surface area contributed by atoms with E-state index in [1.54, 1.807) is 6.33 Å². The van der Waals surface area contributed by atoms with E-state index in [1.165, 1.54) is 0 Å². The van der Waals surface area contributed by atoms with Gasteiger partial charge in [-0.15, -0.1) is 0 Å². The average molecular weight is 166 g/mol. The van der Waals surface area contributed by atoms with Crippen molar-refractivity contribution in [3.05, 3.63) is 11.9 Å². The molecule has 0 saturated carbocycles. The third kappa shape index (κ3) is 1.47.